The molecule has 0 aromatic heterocycles. The summed E-state index contributed by atoms with van der Waals surface area (Å²) in [5, 5.41) is 4.63. The first-order valence-corrected chi connectivity index (χ1v) is 9.56. The third-order valence-electron chi connectivity index (χ3n) is 4.87. The minimum atomic E-state index is -0.640. The second kappa shape index (κ2) is 6.69. The summed E-state index contributed by atoms with van der Waals surface area (Å²) >= 11 is 11.8. The van der Waals surface area contributed by atoms with E-state index >= 15 is 0 Å². The average Bonchev–Trinajstić information content (AvgIpc) is 2.62. The Kier molecular flexibility index (Phi) is 4.48. The van der Waals surface area contributed by atoms with Crippen molar-refractivity contribution >= 4 is 40.6 Å². The summed E-state index contributed by atoms with van der Waals surface area (Å²) in [6.45, 7) is 4.15. The summed E-state index contributed by atoms with van der Waals surface area (Å²) in [5.74, 6) is 0.454. The monoisotopic (exact) mass is 402 g/mol. The van der Waals surface area contributed by atoms with Crippen LogP contribution in [0.5, 0.6) is 5.75 Å². The molecule has 4 rings (SSSR count). The number of ether oxygens (including phenoxy) is 2. The molecule has 5 nitrogen and oxygen atoms in total. The highest BCUT2D eigenvalue weighted by molar-refractivity contribution is 7.80. The van der Waals surface area contributed by atoms with Crippen LogP contribution in [-0.2, 0) is 4.74 Å². The fourth-order valence-corrected chi connectivity index (χ4v) is 4.32. The van der Waals surface area contributed by atoms with Crippen LogP contribution in [0.15, 0.2) is 42.5 Å². The lowest BCUT2D eigenvalue weighted by molar-refractivity contribution is 0.0498. The fraction of sp³-hybridized carbons (Fsp3) is 0.300. The van der Waals surface area contributed by atoms with Gasteiger partial charge in [0.2, 0.25) is 0 Å². The molecule has 1 fully saturated rings. The molecule has 2 heterocycles. The number of benzene rings is 2. The van der Waals surface area contributed by atoms with Crippen LogP contribution in [0.4, 0.5) is 5.69 Å². The van der Waals surface area contributed by atoms with Gasteiger partial charge in [-0.3, -0.25) is 4.90 Å². The molecule has 1 saturated heterocycles. The third kappa shape index (κ3) is 3.13. The number of anilines is 1. The fourth-order valence-electron chi connectivity index (χ4n) is 3.70. The van der Waals surface area contributed by atoms with Crippen LogP contribution >= 0.6 is 23.8 Å². The topological polar surface area (TPSA) is 50.8 Å². The van der Waals surface area contributed by atoms with Gasteiger partial charge in [-0.05, 0) is 68.5 Å². The zero-order valence-corrected chi connectivity index (χ0v) is 16.6. The molecule has 2 aromatic carbocycles. The molecule has 0 saturated carbocycles. The number of carbonyl (C=O) groups excluding carboxylic acids is 1. The Balaban J connectivity index is 1.67. The molecule has 2 atom stereocenters. The Bertz CT molecular complexity index is 918. The number of fused-ring (bicyclic) bond motifs is 4. The molecule has 7 heteroatoms. The van der Waals surface area contributed by atoms with E-state index in [1.165, 1.54) is 0 Å². The van der Waals surface area contributed by atoms with Gasteiger partial charge in [-0.1, -0.05) is 11.6 Å². The lowest BCUT2D eigenvalue weighted by Crippen LogP contribution is -2.65. The molecule has 1 N–H and O–H groups in total. The Morgan fingerprint density at radius 2 is 2.11 bits per heavy atom. The summed E-state index contributed by atoms with van der Waals surface area (Å²) in [6, 6.07) is 12.9. The second-order valence-electron chi connectivity index (χ2n) is 6.77. The van der Waals surface area contributed by atoms with Gasteiger partial charge >= 0.3 is 5.97 Å². The van der Waals surface area contributed by atoms with E-state index < -0.39 is 5.72 Å². The number of nitrogens with one attached hydrogen (secondary N) is 1. The van der Waals surface area contributed by atoms with E-state index in [2.05, 4.69) is 5.32 Å². The number of carbonyl (C=O) groups is 1. The lowest BCUT2D eigenvalue weighted by Gasteiger charge is -2.52. The third-order valence-corrected chi connectivity index (χ3v) is 5.41. The van der Waals surface area contributed by atoms with Crippen molar-refractivity contribution in [1.82, 2.24) is 5.32 Å². The molecule has 27 heavy (non-hydrogen) atoms. The maximum Gasteiger partial charge on any atom is 0.338 e. The molecule has 0 radical (unpaired) electrons. The SMILES string of the molecule is CCOC(=O)c1ccc(N2C(=S)NC3CC2(C)Oc2ccc(Cl)cc23)cc1. The van der Waals surface area contributed by atoms with Crippen LogP contribution in [-0.4, -0.2) is 23.4 Å². The van der Waals surface area contributed by atoms with E-state index in [1.54, 1.807) is 19.1 Å². The van der Waals surface area contributed by atoms with Crippen LogP contribution in [0.3, 0.4) is 0 Å². The summed E-state index contributed by atoms with van der Waals surface area (Å²) < 4.78 is 11.4. The summed E-state index contributed by atoms with van der Waals surface area (Å²) in [5.41, 5.74) is 1.72. The number of rotatable bonds is 3. The Hall–Kier alpha value is -2.31. The first-order chi connectivity index (χ1) is 12.9. The van der Waals surface area contributed by atoms with Crippen LogP contribution in [0.1, 0.15) is 42.2 Å². The van der Waals surface area contributed by atoms with Crippen molar-refractivity contribution in [3.63, 3.8) is 0 Å². The molecule has 0 aliphatic carbocycles. The molecular weight excluding hydrogens is 384 g/mol. The Morgan fingerprint density at radius 1 is 1.37 bits per heavy atom. The zero-order valence-electron chi connectivity index (χ0n) is 15.0. The van der Waals surface area contributed by atoms with Crippen molar-refractivity contribution in [2.75, 3.05) is 11.5 Å². The molecule has 2 unspecified atom stereocenters. The standard InChI is InChI=1S/C20H19ClN2O3S/c1-3-25-18(24)12-4-7-14(8-5-12)23-19(27)22-16-11-20(23,2)26-17-9-6-13(21)10-15(16)17/h4-10,16H,3,11H2,1-2H3,(H,22,27). The van der Waals surface area contributed by atoms with Gasteiger partial charge in [0.15, 0.2) is 10.8 Å². The highest BCUT2D eigenvalue weighted by atomic mass is 35.5. The van der Waals surface area contributed by atoms with Crippen molar-refractivity contribution in [3.05, 3.63) is 58.6 Å². The van der Waals surface area contributed by atoms with Gasteiger partial charge in [0, 0.05) is 22.7 Å². The van der Waals surface area contributed by atoms with Crippen LogP contribution in [0.2, 0.25) is 5.02 Å². The van der Waals surface area contributed by atoms with Crippen LogP contribution < -0.4 is 15.0 Å². The number of nitrogens with zero attached hydrogens (tertiary/aromatic N) is 1. The van der Waals surface area contributed by atoms with Gasteiger partial charge in [0.1, 0.15) is 5.75 Å². The molecule has 140 valence electrons. The predicted octanol–water partition coefficient (Wildman–Crippen LogP) is 4.45. The van der Waals surface area contributed by atoms with Crippen LogP contribution in [0.25, 0.3) is 0 Å². The second-order valence-corrected chi connectivity index (χ2v) is 7.59. The van der Waals surface area contributed by atoms with Gasteiger partial charge in [0.25, 0.3) is 0 Å². The van der Waals surface area contributed by atoms with E-state index in [0.717, 1.165) is 17.0 Å². The van der Waals surface area contributed by atoms with Gasteiger partial charge in [-0.2, -0.15) is 0 Å². The summed E-state index contributed by atoms with van der Waals surface area (Å²) in [4.78, 5) is 13.8. The van der Waals surface area contributed by atoms with Crippen molar-refractivity contribution in [2.45, 2.75) is 32.0 Å². The highest BCUT2D eigenvalue weighted by Gasteiger charge is 2.48. The number of halogens is 1. The summed E-state index contributed by atoms with van der Waals surface area (Å²) in [6.07, 6.45) is 0.708. The minimum Gasteiger partial charge on any atom is -0.467 e. The first-order valence-electron chi connectivity index (χ1n) is 8.77. The zero-order chi connectivity index (χ0) is 19.2. The molecule has 2 aliphatic heterocycles. The van der Waals surface area contributed by atoms with Gasteiger partial charge in [0.05, 0.1) is 18.2 Å². The predicted molar refractivity (Wildman–Crippen MR) is 108 cm³/mol. The molecule has 2 aromatic rings. The van der Waals surface area contributed by atoms with E-state index in [-0.39, 0.29) is 12.0 Å². The number of hydrogen-bond acceptors (Lipinski definition) is 4. The van der Waals surface area contributed by atoms with E-state index in [4.69, 9.17) is 33.3 Å². The number of esters is 1. The van der Waals surface area contributed by atoms with Crippen molar-refractivity contribution in [3.8, 4) is 5.75 Å². The Labute approximate surface area is 168 Å². The van der Waals surface area contributed by atoms with E-state index in [1.807, 2.05) is 42.2 Å². The van der Waals surface area contributed by atoms with Gasteiger partial charge in [-0.25, -0.2) is 4.79 Å². The largest absolute Gasteiger partial charge is 0.467 e. The van der Waals surface area contributed by atoms with Gasteiger partial charge in [-0.15, -0.1) is 0 Å². The lowest BCUT2D eigenvalue weighted by atomic mass is 9.90. The van der Waals surface area contributed by atoms with E-state index in [9.17, 15) is 4.79 Å². The number of hydrogen-bond donors (Lipinski definition) is 1. The van der Waals surface area contributed by atoms with Gasteiger partial charge < -0.3 is 14.8 Å². The van der Waals surface area contributed by atoms with Crippen molar-refractivity contribution < 1.29 is 14.3 Å². The minimum absolute atomic E-state index is 0.0417. The quantitative estimate of drug-likeness (QED) is 0.604. The molecule has 0 spiro atoms. The van der Waals surface area contributed by atoms with Crippen molar-refractivity contribution in [1.29, 1.82) is 0 Å². The number of thiocarbonyl (C=S) groups is 1. The van der Waals surface area contributed by atoms with E-state index in [0.29, 0.717) is 28.7 Å². The molecule has 2 bridgehead atoms. The Morgan fingerprint density at radius 3 is 2.81 bits per heavy atom. The highest BCUT2D eigenvalue weighted by Crippen LogP contribution is 2.46. The first kappa shape index (κ1) is 18.1. The average molecular weight is 403 g/mol. The molecule has 2 aliphatic rings. The maximum atomic E-state index is 11.9. The molecule has 0 amide bonds. The normalized spacial score (nSPS) is 23.1. The van der Waals surface area contributed by atoms with Crippen molar-refractivity contribution in [2.24, 2.45) is 0 Å². The molecular formula is C20H19ClN2O3S. The maximum absolute atomic E-state index is 11.9. The van der Waals surface area contributed by atoms with Crippen LogP contribution in [0, 0.1) is 0 Å². The smallest absolute Gasteiger partial charge is 0.338 e. The summed E-state index contributed by atoms with van der Waals surface area (Å²) in [7, 11) is 0.